The van der Waals surface area contributed by atoms with Gasteiger partial charge in [-0.2, -0.15) is 0 Å². The van der Waals surface area contributed by atoms with Crippen molar-refractivity contribution in [1.29, 1.82) is 0 Å². The van der Waals surface area contributed by atoms with Crippen LogP contribution in [0.25, 0.3) is 10.8 Å². The van der Waals surface area contributed by atoms with E-state index in [2.05, 4.69) is 24.5 Å². The van der Waals surface area contributed by atoms with Crippen molar-refractivity contribution in [1.82, 2.24) is 0 Å². The molecule has 2 N–H and O–H groups in total. The maximum Gasteiger partial charge on any atom is 0.255 e. The Hall–Kier alpha value is -4.45. The number of rotatable bonds is 4. The van der Waals surface area contributed by atoms with Gasteiger partial charge in [0.05, 0.1) is 11.4 Å². The van der Waals surface area contributed by atoms with Gasteiger partial charge in [-0.15, -0.1) is 0 Å². The van der Waals surface area contributed by atoms with Crippen LogP contribution >= 0.6 is 0 Å². The van der Waals surface area contributed by atoms with Crippen molar-refractivity contribution in [3.05, 3.63) is 96.1 Å². The van der Waals surface area contributed by atoms with Crippen LogP contribution in [0.15, 0.2) is 84.9 Å². The lowest BCUT2D eigenvalue weighted by atomic mass is 9.97. The van der Waals surface area contributed by atoms with Crippen molar-refractivity contribution < 1.29 is 14.4 Å². The molecule has 0 aliphatic carbocycles. The zero-order chi connectivity index (χ0) is 24.5. The summed E-state index contributed by atoms with van der Waals surface area (Å²) in [5.74, 6) is -0.623. The molecule has 5 rings (SSSR count). The fraction of sp³-hybridized carbons (Fsp3) is 0.138. The molecule has 4 aromatic carbocycles. The van der Waals surface area contributed by atoms with Crippen LogP contribution < -0.4 is 15.5 Å². The van der Waals surface area contributed by atoms with Crippen molar-refractivity contribution in [2.24, 2.45) is 0 Å². The number of carbonyl (C=O) groups is 3. The van der Waals surface area contributed by atoms with Gasteiger partial charge in [0.1, 0.15) is 6.42 Å². The molecule has 0 saturated heterocycles. The van der Waals surface area contributed by atoms with E-state index in [-0.39, 0.29) is 30.1 Å². The van der Waals surface area contributed by atoms with Crippen LogP contribution in [0, 0.1) is 0 Å². The Morgan fingerprint density at radius 3 is 2.37 bits per heavy atom. The minimum atomic E-state index is -0.345. The maximum absolute atomic E-state index is 13.1. The molecule has 0 aromatic heterocycles. The molecule has 1 aliphatic heterocycles. The van der Waals surface area contributed by atoms with Crippen LogP contribution in [0.5, 0.6) is 0 Å². The normalized spacial score (nSPS) is 13.4. The average Bonchev–Trinajstić information content (AvgIpc) is 2.99. The molecule has 3 amide bonds. The quantitative estimate of drug-likeness (QED) is 0.353. The smallest absolute Gasteiger partial charge is 0.255 e. The highest BCUT2D eigenvalue weighted by molar-refractivity contribution is 6.21. The minimum Gasteiger partial charge on any atom is -0.323 e. The number of anilines is 4. The first-order valence-electron chi connectivity index (χ1n) is 11.6. The first-order chi connectivity index (χ1) is 16.9. The molecule has 0 fully saturated rings. The summed E-state index contributed by atoms with van der Waals surface area (Å²) < 4.78 is 0. The van der Waals surface area contributed by atoms with Crippen molar-refractivity contribution in [3.63, 3.8) is 0 Å². The van der Waals surface area contributed by atoms with Gasteiger partial charge in [0.2, 0.25) is 11.8 Å². The van der Waals surface area contributed by atoms with Gasteiger partial charge >= 0.3 is 0 Å². The van der Waals surface area contributed by atoms with Crippen LogP contribution in [0.4, 0.5) is 22.7 Å². The molecular formula is C29H25N3O3. The molecule has 0 atom stereocenters. The van der Waals surface area contributed by atoms with Crippen LogP contribution in [-0.4, -0.2) is 17.7 Å². The summed E-state index contributed by atoms with van der Waals surface area (Å²) in [6.45, 7) is 4.11. The molecule has 174 valence electrons. The fourth-order valence-corrected chi connectivity index (χ4v) is 4.49. The van der Waals surface area contributed by atoms with Gasteiger partial charge in [-0.05, 0) is 53.3 Å². The highest BCUT2D eigenvalue weighted by Crippen LogP contribution is 2.40. The molecule has 0 saturated carbocycles. The molecule has 0 unspecified atom stereocenters. The van der Waals surface area contributed by atoms with Crippen molar-refractivity contribution in [2.75, 3.05) is 15.5 Å². The van der Waals surface area contributed by atoms with Crippen LogP contribution in [-0.2, 0) is 9.59 Å². The summed E-state index contributed by atoms with van der Waals surface area (Å²) in [7, 11) is 0. The minimum absolute atomic E-state index is 0.181. The lowest BCUT2D eigenvalue weighted by Crippen LogP contribution is -2.26. The third kappa shape index (κ3) is 4.26. The number of benzene rings is 4. The third-order valence-electron chi connectivity index (χ3n) is 6.18. The highest BCUT2D eigenvalue weighted by atomic mass is 16.2. The number of hydrogen-bond acceptors (Lipinski definition) is 3. The number of hydrogen-bond donors (Lipinski definition) is 2. The zero-order valence-corrected chi connectivity index (χ0v) is 19.5. The third-order valence-corrected chi connectivity index (χ3v) is 6.18. The van der Waals surface area contributed by atoms with Crippen LogP contribution in [0.1, 0.15) is 42.1 Å². The van der Waals surface area contributed by atoms with Crippen LogP contribution in [0.3, 0.4) is 0 Å². The van der Waals surface area contributed by atoms with E-state index in [0.29, 0.717) is 28.3 Å². The molecule has 35 heavy (non-hydrogen) atoms. The number of nitrogens with one attached hydrogen (secondary N) is 2. The van der Waals surface area contributed by atoms with Gasteiger partial charge in [0.25, 0.3) is 5.91 Å². The van der Waals surface area contributed by atoms with Gasteiger partial charge in [-0.3, -0.25) is 19.3 Å². The lowest BCUT2D eigenvalue weighted by molar-refractivity contribution is -0.124. The van der Waals surface area contributed by atoms with Gasteiger partial charge in [-0.25, -0.2) is 0 Å². The molecule has 1 aliphatic rings. The predicted molar refractivity (Wildman–Crippen MR) is 139 cm³/mol. The SMILES string of the molecule is CC(C)c1ccccc1C(=O)Nc1ccc(N2C(=O)CC(=O)Nc3c2ccc2ccccc32)cc1. The number of carbonyl (C=O) groups excluding carboxylic acids is 3. The van der Waals surface area contributed by atoms with E-state index < -0.39 is 0 Å². The first kappa shape index (κ1) is 22.3. The van der Waals surface area contributed by atoms with E-state index in [9.17, 15) is 14.4 Å². The summed E-state index contributed by atoms with van der Waals surface area (Å²) in [5, 5.41) is 7.70. The van der Waals surface area contributed by atoms with Gasteiger partial charge < -0.3 is 10.6 Å². The molecule has 1 heterocycles. The van der Waals surface area contributed by atoms with Crippen molar-refractivity contribution in [2.45, 2.75) is 26.2 Å². The predicted octanol–water partition coefficient (Wildman–Crippen LogP) is 6.22. The Morgan fingerprint density at radius 1 is 0.886 bits per heavy atom. The molecule has 0 spiro atoms. The van der Waals surface area contributed by atoms with Crippen molar-refractivity contribution >= 4 is 51.2 Å². The second kappa shape index (κ2) is 9.06. The number of amides is 3. The number of nitrogens with zero attached hydrogens (tertiary/aromatic N) is 1. The van der Waals surface area contributed by atoms with E-state index in [0.717, 1.165) is 16.3 Å². The summed E-state index contributed by atoms with van der Waals surface area (Å²) >= 11 is 0. The zero-order valence-electron chi connectivity index (χ0n) is 19.5. The van der Waals surface area contributed by atoms with Gasteiger partial charge in [-0.1, -0.05) is 62.4 Å². The summed E-state index contributed by atoms with van der Waals surface area (Å²) in [6.07, 6.45) is -0.256. The van der Waals surface area contributed by atoms with Crippen LogP contribution in [0.2, 0.25) is 0 Å². The average molecular weight is 464 g/mol. The first-order valence-corrected chi connectivity index (χ1v) is 11.6. The molecule has 4 aromatic rings. The van der Waals surface area contributed by atoms with Gasteiger partial charge in [0, 0.05) is 22.3 Å². The Labute approximate surface area is 203 Å². The Bertz CT molecular complexity index is 1460. The molecule has 6 heteroatoms. The number of fused-ring (bicyclic) bond motifs is 3. The standard InChI is InChI=1S/C29H25N3O3/c1-18(2)22-8-5-6-10-24(22)29(35)30-20-12-14-21(15-13-20)32-25-16-11-19-7-3-4-9-23(19)28(25)31-26(33)17-27(32)34/h3-16,18H,17H2,1-2H3,(H,30,35)(H,31,33). The largest absolute Gasteiger partial charge is 0.323 e. The van der Waals surface area contributed by atoms with E-state index >= 15 is 0 Å². The van der Waals surface area contributed by atoms with E-state index in [4.69, 9.17) is 0 Å². The molecular weight excluding hydrogens is 438 g/mol. The highest BCUT2D eigenvalue weighted by Gasteiger charge is 2.28. The van der Waals surface area contributed by atoms with E-state index in [1.54, 1.807) is 29.2 Å². The van der Waals surface area contributed by atoms with E-state index in [1.807, 2.05) is 60.7 Å². The summed E-state index contributed by atoms with van der Waals surface area (Å²) in [5.41, 5.74) is 4.08. The van der Waals surface area contributed by atoms with Gasteiger partial charge in [0.15, 0.2) is 0 Å². The Morgan fingerprint density at radius 2 is 1.60 bits per heavy atom. The second-order valence-electron chi connectivity index (χ2n) is 8.88. The summed E-state index contributed by atoms with van der Waals surface area (Å²) in [4.78, 5) is 40.0. The molecule has 0 radical (unpaired) electrons. The fourth-order valence-electron chi connectivity index (χ4n) is 4.49. The van der Waals surface area contributed by atoms with Crippen molar-refractivity contribution in [3.8, 4) is 0 Å². The van der Waals surface area contributed by atoms with E-state index in [1.165, 1.54) is 0 Å². The maximum atomic E-state index is 13.1. The Balaban J connectivity index is 1.47. The Kier molecular flexibility index (Phi) is 5.79. The lowest BCUT2D eigenvalue weighted by Gasteiger charge is -2.23. The summed E-state index contributed by atoms with van der Waals surface area (Å²) in [6, 6.07) is 26.2. The monoisotopic (exact) mass is 463 g/mol. The molecule has 0 bridgehead atoms. The second-order valence-corrected chi connectivity index (χ2v) is 8.88. The topological polar surface area (TPSA) is 78.5 Å². The molecule has 6 nitrogen and oxygen atoms in total.